The van der Waals surface area contributed by atoms with Gasteiger partial charge in [0.05, 0.1) is 13.2 Å². The van der Waals surface area contributed by atoms with E-state index >= 15 is 0 Å². The lowest BCUT2D eigenvalue weighted by atomic mass is 10.0. The van der Waals surface area contributed by atoms with Gasteiger partial charge in [0.15, 0.2) is 0 Å². The van der Waals surface area contributed by atoms with Gasteiger partial charge in [-0.3, -0.25) is 4.90 Å². The maximum atomic E-state index is 5.48. The van der Waals surface area contributed by atoms with E-state index in [-0.39, 0.29) is 0 Å². The van der Waals surface area contributed by atoms with Crippen LogP contribution in [0.3, 0.4) is 0 Å². The topological polar surface area (TPSA) is 22.2 Å². The van der Waals surface area contributed by atoms with Crippen molar-refractivity contribution >= 4 is 0 Å². The second-order valence-corrected chi connectivity index (χ2v) is 7.74. The molecule has 134 valence electrons. The number of hydrogen-bond donors (Lipinski definition) is 0. The quantitative estimate of drug-likeness (QED) is 0.744. The molecule has 0 aliphatic carbocycles. The lowest BCUT2D eigenvalue weighted by molar-refractivity contribution is -0.0000543. The molecule has 3 rings (SSSR count). The van der Waals surface area contributed by atoms with Gasteiger partial charge in [-0.05, 0) is 66.0 Å². The molecule has 0 aromatic heterocycles. The molecule has 3 saturated heterocycles. The first-order chi connectivity index (χ1) is 11.2. The van der Waals surface area contributed by atoms with Crippen LogP contribution >= 0.6 is 0 Å². The molecule has 0 unspecified atom stereocenters. The Morgan fingerprint density at radius 2 is 1.57 bits per heavy atom. The molecule has 0 spiro atoms. The summed E-state index contributed by atoms with van der Waals surface area (Å²) in [6.07, 6.45) is 5.37. The highest BCUT2D eigenvalue weighted by atomic mass is 16.5. The van der Waals surface area contributed by atoms with Crippen LogP contribution in [-0.2, 0) is 4.74 Å². The number of likely N-dealkylation sites (tertiary alicyclic amines) is 2. The fraction of sp³-hybridized carbons (Fsp3) is 1.00. The van der Waals surface area contributed by atoms with Crippen LogP contribution in [0.5, 0.6) is 0 Å². The molecule has 0 saturated carbocycles. The SMILES string of the molecule is CN1CCC(N(C)CCN2CCC(N3CCOCC3)CC2)CC1. The zero-order chi connectivity index (χ0) is 16.1. The molecule has 0 radical (unpaired) electrons. The van der Waals surface area contributed by atoms with Crippen molar-refractivity contribution in [2.45, 2.75) is 37.8 Å². The minimum atomic E-state index is 0.803. The van der Waals surface area contributed by atoms with E-state index in [4.69, 9.17) is 4.74 Å². The van der Waals surface area contributed by atoms with Gasteiger partial charge in [0, 0.05) is 38.3 Å². The predicted octanol–water partition coefficient (Wildman–Crippen LogP) is 0.809. The summed E-state index contributed by atoms with van der Waals surface area (Å²) in [6, 6.07) is 1.61. The van der Waals surface area contributed by atoms with E-state index in [1.54, 1.807) is 0 Å². The van der Waals surface area contributed by atoms with E-state index in [0.717, 1.165) is 38.4 Å². The highest BCUT2D eigenvalue weighted by Gasteiger charge is 2.26. The second kappa shape index (κ2) is 8.77. The van der Waals surface area contributed by atoms with Gasteiger partial charge < -0.3 is 19.4 Å². The molecule has 0 atom stereocenters. The summed E-state index contributed by atoms with van der Waals surface area (Å²) < 4.78 is 5.48. The Morgan fingerprint density at radius 3 is 2.22 bits per heavy atom. The second-order valence-electron chi connectivity index (χ2n) is 7.74. The lowest BCUT2D eigenvalue weighted by Gasteiger charge is -2.41. The average molecular weight is 325 g/mol. The summed E-state index contributed by atoms with van der Waals surface area (Å²) in [4.78, 5) is 10.4. The van der Waals surface area contributed by atoms with Crippen molar-refractivity contribution in [3.63, 3.8) is 0 Å². The van der Waals surface area contributed by atoms with Crippen LogP contribution in [0.25, 0.3) is 0 Å². The molecule has 5 nitrogen and oxygen atoms in total. The fourth-order valence-electron chi connectivity index (χ4n) is 4.37. The lowest BCUT2D eigenvalue weighted by Crippen LogP contribution is -2.50. The normalized spacial score (nSPS) is 27.8. The molecule has 23 heavy (non-hydrogen) atoms. The molecule has 0 N–H and O–H groups in total. The molecule has 3 heterocycles. The van der Waals surface area contributed by atoms with Crippen molar-refractivity contribution in [1.29, 1.82) is 0 Å². The molecule has 0 bridgehead atoms. The van der Waals surface area contributed by atoms with E-state index in [0.29, 0.717) is 0 Å². The number of nitrogens with zero attached hydrogens (tertiary/aromatic N) is 4. The molecule has 3 fully saturated rings. The molecule has 3 aliphatic heterocycles. The summed E-state index contributed by atoms with van der Waals surface area (Å²) in [6.45, 7) is 11.7. The highest BCUT2D eigenvalue weighted by molar-refractivity contribution is 4.82. The van der Waals surface area contributed by atoms with Crippen molar-refractivity contribution in [2.75, 3.05) is 79.7 Å². The Morgan fingerprint density at radius 1 is 0.913 bits per heavy atom. The van der Waals surface area contributed by atoms with Crippen molar-refractivity contribution in [1.82, 2.24) is 19.6 Å². The largest absolute Gasteiger partial charge is 0.379 e. The molecule has 5 heteroatoms. The van der Waals surface area contributed by atoms with Gasteiger partial charge in [-0.25, -0.2) is 0 Å². The van der Waals surface area contributed by atoms with Crippen molar-refractivity contribution in [2.24, 2.45) is 0 Å². The summed E-state index contributed by atoms with van der Waals surface area (Å²) >= 11 is 0. The van der Waals surface area contributed by atoms with E-state index in [9.17, 15) is 0 Å². The van der Waals surface area contributed by atoms with Gasteiger partial charge in [-0.1, -0.05) is 0 Å². The summed E-state index contributed by atoms with van der Waals surface area (Å²) in [7, 11) is 4.57. The number of piperidine rings is 2. The summed E-state index contributed by atoms with van der Waals surface area (Å²) in [5.74, 6) is 0. The summed E-state index contributed by atoms with van der Waals surface area (Å²) in [5.41, 5.74) is 0. The van der Waals surface area contributed by atoms with Gasteiger partial charge in [-0.2, -0.15) is 0 Å². The third kappa shape index (κ3) is 5.13. The minimum Gasteiger partial charge on any atom is -0.379 e. The molecule has 0 aromatic rings. The van der Waals surface area contributed by atoms with Crippen LogP contribution in [-0.4, -0.2) is 111 Å². The third-order valence-electron chi connectivity index (χ3n) is 6.20. The van der Waals surface area contributed by atoms with Crippen molar-refractivity contribution in [3.8, 4) is 0 Å². The Bertz CT molecular complexity index is 332. The summed E-state index contributed by atoms with van der Waals surface area (Å²) in [5, 5.41) is 0. The average Bonchev–Trinajstić information content (AvgIpc) is 2.61. The molecule has 3 aliphatic rings. The Labute approximate surface area is 142 Å². The van der Waals surface area contributed by atoms with Gasteiger partial charge in [0.2, 0.25) is 0 Å². The van der Waals surface area contributed by atoms with Gasteiger partial charge >= 0.3 is 0 Å². The zero-order valence-electron chi connectivity index (χ0n) is 15.3. The maximum absolute atomic E-state index is 5.48. The van der Waals surface area contributed by atoms with Gasteiger partial charge in [-0.15, -0.1) is 0 Å². The molecule has 0 amide bonds. The Kier molecular flexibility index (Phi) is 6.72. The first-order valence-electron chi connectivity index (χ1n) is 9.65. The molecule has 0 aromatic carbocycles. The van der Waals surface area contributed by atoms with Crippen LogP contribution < -0.4 is 0 Å². The van der Waals surface area contributed by atoms with E-state index < -0.39 is 0 Å². The molecular weight excluding hydrogens is 288 g/mol. The maximum Gasteiger partial charge on any atom is 0.0594 e. The van der Waals surface area contributed by atoms with Gasteiger partial charge in [0.25, 0.3) is 0 Å². The van der Waals surface area contributed by atoms with Crippen LogP contribution in [0.4, 0.5) is 0 Å². The Hall–Kier alpha value is -0.200. The van der Waals surface area contributed by atoms with Crippen LogP contribution in [0.15, 0.2) is 0 Å². The first kappa shape index (κ1) is 17.6. The third-order valence-corrected chi connectivity index (χ3v) is 6.20. The van der Waals surface area contributed by atoms with E-state index in [1.807, 2.05) is 0 Å². The van der Waals surface area contributed by atoms with Crippen LogP contribution in [0.2, 0.25) is 0 Å². The first-order valence-corrected chi connectivity index (χ1v) is 9.65. The minimum absolute atomic E-state index is 0.803. The van der Waals surface area contributed by atoms with E-state index in [1.165, 1.54) is 65.0 Å². The van der Waals surface area contributed by atoms with Crippen LogP contribution in [0.1, 0.15) is 25.7 Å². The number of ether oxygens (including phenoxy) is 1. The number of likely N-dealkylation sites (N-methyl/N-ethyl adjacent to an activating group) is 1. The van der Waals surface area contributed by atoms with E-state index in [2.05, 4.69) is 33.7 Å². The van der Waals surface area contributed by atoms with Crippen LogP contribution in [0, 0.1) is 0 Å². The smallest absolute Gasteiger partial charge is 0.0594 e. The Balaban J connectivity index is 1.32. The number of morpholine rings is 1. The predicted molar refractivity (Wildman–Crippen MR) is 95.0 cm³/mol. The van der Waals surface area contributed by atoms with Crippen molar-refractivity contribution < 1.29 is 4.74 Å². The molecular formula is C18H36N4O. The monoisotopic (exact) mass is 324 g/mol. The van der Waals surface area contributed by atoms with Gasteiger partial charge in [0.1, 0.15) is 0 Å². The highest BCUT2D eigenvalue weighted by Crippen LogP contribution is 2.18. The van der Waals surface area contributed by atoms with Crippen molar-refractivity contribution in [3.05, 3.63) is 0 Å². The number of hydrogen-bond acceptors (Lipinski definition) is 5. The standard InChI is InChI=1S/C18H36N4O/c1-19-7-3-17(4-8-19)20(2)11-12-21-9-5-18(6-10-21)22-13-15-23-16-14-22/h17-18H,3-16H2,1-2H3. The fourth-order valence-corrected chi connectivity index (χ4v) is 4.37. The zero-order valence-corrected chi connectivity index (χ0v) is 15.3. The number of rotatable bonds is 5.